The summed E-state index contributed by atoms with van der Waals surface area (Å²) >= 11 is 1.38. The van der Waals surface area contributed by atoms with E-state index in [0.717, 1.165) is 40.5 Å². The van der Waals surface area contributed by atoms with E-state index in [-0.39, 0.29) is 12.0 Å². The largest absolute Gasteiger partial charge is 0.493 e. The molecule has 1 aromatic carbocycles. The summed E-state index contributed by atoms with van der Waals surface area (Å²) in [6.45, 7) is 6.54. The van der Waals surface area contributed by atoms with Gasteiger partial charge in [0.2, 0.25) is 11.0 Å². The first-order valence-corrected chi connectivity index (χ1v) is 9.18. The highest BCUT2D eigenvalue weighted by Crippen LogP contribution is 2.35. The molecule has 0 aliphatic carbocycles. The molecule has 1 N–H and O–H groups in total. The van der Waals surface area contributed by atoms with Crippen molar-refractivity contribution in [3.8, 4) is 11.5 Å². The molecule has 3 rings (SSSR count). The van der Waals surface area contributed by atoms with Crippen LogP contribution >= 0.6 is 11.3 Å². The number of anilines is 1. The molecule has 0 bridgehead atoms. The number of amides is 1. The van der Waals surface area contributed by atoms with Gasteiger partial charge in [-0.25, -0.2) is 0 Å². The lowest BCUT2D eigenvalue weighted by Crippen LogP contribution is -2.07. The Kier molecular flexibility index (Phi) is 5.33. The molecule has 1 amide bonds. The minimum atomic E-state index is -0.254. The molecule has 1 atom stereocenters. The number of nitrogens with one attached hydrogen (secondary N) is 1. The Balaban J connectivity index is 1.75. The quantitative estimate of drug-likeness (QED) is 0.800. The number of carbonyl (C=O) groups excluding carboxylic acids is 1. The van der Waals surface area contributed by atoms with Crippen LogP contribution in [0.3, 0.4) is 0 Å². The maximum atomic E-state index is 12.1. The number of aromatic nitrogens is 2. The van der Waals surface area contributed by atoms with Crippen LogP contribution in [0.4, 0.5) is 5.13 Å². The van der Waals surface area contributed by atoms with E-state index in [9.17, 15) is 4.79 Å². The van der Waals surface area contributed by atoms with E-state index in [4.69, 9.17) is 9.47 Å². The first-order valence-electron chi connectivity index (χ1n) is 8.36. The number of aryl methyl sites for hydroxylation is 1. The SMILES string of the molecule is CCOc1cc2c(cc1/C=C/C(=O)Nc1nnc(CC)s1)O[C@@H](C)C2. The van der Waals surface area contributed by atoms with Crippen molar-refractivity contribution >= 4 is 28.5 Å². The van der Waals surface area contributed by atoms with Crippen molar-refractivity contribution in [1.82, 2.24) is 10.2 Å². The number of benzene rings is 1. The van der Waals surface area contributed by atoms with Crippen LogP contribution < -0.4 is 14.8 Å². The van der Waals surface area contributed by atoms with Gasteiger partial charge in [0.25, 0.3) is 0 Å². The number of hydrogen-bond acceptors (Lipinski definition) is 6. The first kappa shape index (κ1) is 17.4. The predicted octanol–water partition coefficient (Wildman–Crippen LogP) is 3.47. The molecule has 0 radical (unpaired) electrons. The van der Waals surface area contributed by atoms with Gasteiger partial charge in [0, 0.05) is 23.6 Å². The summed E-state index contributed by atoms with van der Waals surface area (Å²) in [6, 6.07) is 3.92. The zero-order valence-electron chi connectivity index (χ0n) is 14.5. The average molecular weight is 359 g/mol. The van der Waals surface area contributed by atoms with Crippen LogP contribution in [-0.2, 0) is 17.6 Å². The van der Waals surface area contributed by atoms with Crippen molar-refractivity contribution in [2.24, 2.45) is 0 Å². The average Bonchev–Trinajstić information content (AvgIpc) is 3.17. The van der Waals surface area contributed by atoms with E-state index < -0.39 is 0 Å². The maximum absolute atomic E-state index is 12.1. The predicted molar refractivity (Wildman–Crippen MR) is 98.4 cm³/mol. The van der Waals surface area contributed by atoms with Crippen LogP contribution in [-0.4, -0.2) is 28.8 Å². The molecule has 1 aliphatic rings. The van der Waals surface area contributed by atoms with Gasteiger partial charge in [-0.05, 0) is 38.5 Å². The number of rotatable bonds is 6. The van der Waals surface area contributed by atoms with E-state index in [2.05, 4.69) is 15.5 Å². The van der Waals surface area contributed by atoms with Crippen molar-refractivity contribution in [1.29, 1.82) is 0 Å². The molecule has 6 nitrogen and oxygen atoms in total. The molecule has 0 fully saturated rings. The highest BCUT2D eigenvalue weighted by Gasteiger charge is 2.21. The molecule has 0 spiro atoms. The summed E-state index contributed by atoms with van der Waals surface area (Å²) in [5.74, 6) is 1.36. The van der Waals surface area contributed by atoms with Crippen LogP contribution in [0.15, 0.2) is 18.2 Å². The number of fused-ring (bicyclic) bond motifs is 1. The summed E-state index contributed by atoms with van der Waals surface area (Å²) in [6.07, 6.45) is 5.03. The van der Waals surface area contributed by atoms with E-state index in [1.807, 2.05) is 32.9 Å². The van der Waals surface area contributed by atoms with Gasteiger partial charge in [-0.2, -0.15) is 0 Å². The van der Waals surface area contributed by atoms with Crippen molar-refractivity contribution in [3.63, 3.8) is 0 Å². The van der Waals surface area contributed by atoms with Gasteiger partial charge < -0.3 is 9.47 Å². The summed E-state index contributed by atoms with van der Waals surface area (Å²) in [4.78, 5) is 12.1. The third kappa shape index (κ3) is 4.17. The lowest BCUT2D eigenvalue weighted by atomic mass is 10.1. The zero-order valence-corrected chi connectivity index (χ0v) is 15.4. The highest BCUT2D eigenvalue weighted by atomic mass is 32.1. The van der Waals surface area contributed by atoms with Crippen molar-refractivity contribution in [2.45, 2.75) is 39.7 Å². The monoisotopic (exact) mass is 359 g/mol. The first-order chi connectivity index (χ1) is 12.1. The van der Waals surface area contributed by atoms with E-state index in [0.29, 0.717) is 11.7 Å². The minimum Gasteiger partial charge on any atom is -0.493 e. The van der Waals surface area contributed by atoms with Gasteiger partial charge in [0.1, 0.15) is 22.6 Å². The van der Waals surface area contributed by atoms with Gasteiger partial charge in [-0.3, -0.25) is 10.1 Å². The minimum absolute atomic E-state index is 0.164. The fourth-order valence-electron chi connectivity index (χ4n) is 2.63. The maximum Gasteiger partial charge on any atom is 0.250 e. The smallest absolute Gasteiger partial charge is 0.250 e. The number of nitrogens with zero attached hydrogens (tertiary/aromatic N) is 2. The molecule has 2 aromatic rings. The molecular formula is C18H21N3O3S. The highest BCUT2D eigenvalue weighted by molar-refractivity contribution is 7.15. The van der Waals surface area contributed by atoms with Gasteiger partial charge in [-0.1, -0.05) is 18.3 Å². The van der Waals surface area contributed by atoms with E-state index >= 15 is 0 Å². The Hall–Kier alpha value is -2.41. The van der Waals surface area contributed by atoms with Crippen LogP contribution in [0, 0.1) is 0 Å². The Morgan fingerprint density at radius 2 is 2.28 bits per heavy atom. The second kappa shape index (κ2) is 7.65. The van der Waals surface area contributed by atoms with Crippen LogP contribution in [0.1, 0.15) is 36.9 Å². The summed E-state index contributed by atoms with van der Waals surface area (Å²) in [7, 11) is 0. The van der Waals surface area contributed by atoms with Crippen molar-refractivity contribution < 1.29 is 14.3 Å². The third-order valence-corrected chi connectivity index (χ3v) is 4.72. The number of hydrogen-bond donors (Lipinski definition) is 1. The molecule has 132 valence electrons. The van der Waals surface area contributed by atoms with Crippen molar-refractivity contribution in [2.75, 3.05) is 11.9 Å². The number of carbonyl (C=O) groups is 1. The van der Waals surface area contributed by atoms with Gasteiger partial charge >= 0.3 is 0 Å². The molecule has 2 heterocycles. The fraction of sp³-hybridized carbons (Fsp3) is 0.389. The van der Waals surface area contributed by atoms with Crippen LogP contribution in [0.25, 0.3) is 6.08 Å². The van der Waals surface area contributed by atoms with Crippen molar-refractivity contribution in [3.05, 3.63) is 34.3 Å². The Bertz CT molecular complexity index is 801. The molecule has 1 aliphatic heterocycles. The summed E-state index contributed by atoms with van der Waals surface area (Å²) in [5.41, 5.74) is 1.95. The molecule has 0 unspecified atom stereocenters. The standard InChI is InChI=1S/C18H21N3O3S/c1-4-17-20-21-18(25-17)19-16(22)7-6-12-9-15-13(8-11(3)24-15)10-14(12)23-5-2/h6-7,9-11H,4-5,8H2,1-3H3,(H,19,21,22)/b7-6+/t11-/m0/s1. The second-order valence-electron chi connectivity index (χ2n) is 5.74. The van der Waals surface area contributed by atoms with Gasteiger partial charge in [-0.15, -0.1) is 10.2 Å². The van der Waals surface area contributed by atoms with E-state index in [1.165, 1.54) is 17.4 Å². The number of ether oxygens (including phenoxy) is 2. The van der Waals surface area contributed by atoms with E-state index in [1.54, 1.807) is 6.08 Å². The Morgan fingerprint density at radius 1 is 1.44 bits per heavy atom. The molecule has 0 saturated heterocycles. The Morgan fingerprint density at radius 3 is 3.00 bits per heavy atom. The molecule has 25 heavy (non-hydrogen) atoms. The molecule has 7 heteroatoms. The topological polar surface area (TPSA) is 73.3 Å². The molecule has 1 aromatic heterocycles. The zero-order chi connectivity index (χ0) is 17.8. The second-order valence-corrected chi connectivity index (χ2v) is 6.80. The molecular weight excluding hydrogens is 338 g/mol. The molecule has 0 saturated carbocycles. The summed E-state index contributed by atoms with van der Waals surface area (Å²) < 4.78 is 11.5. The normalized spacial score (nSPS) is 15.9. The lowest BCUT2D eigenvalue weighted by molar-refractivity contribution is -0.111. The van der Waals surface area contributed by atoms with Crippen LogP contribution in [0.5, 0.6) is 11.5 Å². The van der Waals surface area contributed by atoms with Gasteiger partial charge in [0.05, 0.1) is 6.61 Å². The third-order valence-electron chi connectivity index (χ3n) is 3.74. The van der Waals surface area contributed by atoms with Crippen LogP contribution in [0.2, 0.25) is 0 Å². The fourth-order valence-corrected chi connectivity index (χ4v) is 3.31. The Labute approximate surface area is 150 Å². The van der Waals surface area contributed by atoms with Gasteiger partial charge in [0.15, 0.2) is 0 Å². The summed E-state index contributed by atoms with van der Waals surface area (Å²) in [5, 5.41) is 12.0. The lowest BCUT2D eigenvalue weighted by Gasteiger charge is -2.10.